The van der Waals surface area contributed by atoms with E-state index in [1.54, 1.807) is 7.11 Å². The van der Waals surface area contributed by atoms with Crippen LogP contribution in [0.1, 0.15) is 25.3 Å². The molecule has 2 nitrogen and oxygen atoms in total. The van der Waals surface area contributed by atoms with Crippen molar-refractivity contribution in [3.8, 4) is 5.95 Å². The Balaban J connectivity index is 2.48. The molecular formula is C16H16O2. The highest BCUT2D eigenvalue weighted by Crippen LogP contribution is 2.37. The first-order chi connectivity index (χ1) is 8.70. The molecule has 3 rings (SSSR count). The monoisotopic (exact) mass is 240 g/mol. The van der Waals surface area contributed by atoms with Gasteiger partial charge in [-0.05, 0) is 22.8 Å². The SMILES string of the molecule is COc1cc2cc3ccccc3c(C(C)C)c2o1. The number of fused-ring (bicyclic) bond motifs is 2. The summed E-state index contributed by atoms with van der Waals surface area (Å²) in [5.41, 5.74) is 2.20. The average molecular weight is 240 g/mol. The molecule has 0 saturated heterocycles. The van der Waals surface area contributed by atoms with E-state index >= 15 is 0 Å². The minimum Gasteiger partial charge on any atom is -0.468 e. The molecule has 0 spiro atoms. The molecular weight excluding hydrogens is 224 g/mol. The predicted octanol–water partition coefficient (Wildman–Crippen LogP) is 4.72. The topological polar surface area (TPSA) is 22.4 Å². The molecule has 0 aliphatic carbocycles. The van der Waals surface area contributed by atoms with Gasteiger partial charge in [-0.25, -0.2) is 0 Å². The van der Waals surface area contributed by atoms with Crippen LogP contribution in [-0.2, 0) is 0 Å². The van der Waals surface area contributed by atoms with Crippen molar-refractivity contribution in [2.45, 2.75) is 19.8 Å². The lowest BCUT2D eigenvalue weighted by molar-refractivity contribution is 0.315. The van der Waals surface area contributed by atoms with Gasteiger partial charge in [0.25, 0.3) is 5.95 Å². The third-order valence-corrected chi connectivity index (χ3v) is 3.32. The maximum atomic E-state index is 5.80. The molecule has 92 valence electrons. The summed E-state index contributed by atoms with van der Waals surface area (Å²) >= 11 is 0. The van der Waals surface area contributed by atoms with Crippen LogP contribution < -0.4 is 4.74 Å². The predicted molar refractivity (Wildman–Crippen MR) is 74.4 cm³/mol. The van der Waals surface area contributed by atoms with Gasteiger partial charge < -0.3 is 9.15 Å². The van der Waals surface area contributed by atoms with Crippen molar-refractivity contribution in [2.75, 3.05) is 7.11 Å². The third-order valence-electron chi connectivity index (χ3n) is 3.32. The fourth-order valence-electron chi connectivity index (χ4n) is 2.53. The van der Waals surface area contributed by atoms with Crippen LogP contribution in [0, 0.1) is 0 Å². The summed E-state index contributed by atoms with van der Waals surface area (Å²) in [5, 5.41) is 3.61. The normalized spacial score (nSPS) is 11.6. The summed E-state index contributed by atoms with van der Waals surface area (Å²) in [7, 11) is 1.63. The second-order valence-corrected chi connectivity index (χ2v) is 4.85. The summed E-state index contributed by atoms with van der Waals surface area (Å²) in [4.78, 5) is 0. The van der Waals surface area contributed by atoms with Gasteiger partial charge in [-0.15, -0.1) is 0 Å². The summed E-state index contributed by atoms with van der Waals surface area (Å²) in [6.45, 7) is 4.38. The van der Waals surface area contributed by atoms with Crippen molar-refractivity contribution >= 4 is 21.7 Å². The van der Waals surface area contributed by atoms with Crippen LogP contribution in [0.4, 0.5) is 0 Å². The van der Waals surface area contributed by atoms with Gasteiger partial charge in [-0.1, -0.05) is 38.1 Å². The highest BCUT2D eigenvalue weighted by Gasteiger charge is 2.15. The number of hydrogen-bond acceptors (Lipinski definition) is 2. The van der Waals surface area contributed by atoms with E-state index in [2.05, 4.69) is 44.2 Å². The van der Waals surface area contributed by atoms with E-state index in [1.807, 2.05) is 6.07 Å². The summed E-state index contributed by atoms with van der Waals surface area (Å²) in [6.07, 6.45) is 0. The molecule has 0 aliphatic heterocycles. The summed E-state index contributed by atoms with van der Waals surface area (Å²) in [6, 6.07) is 12.5. The Morgan fingerprint density at radius 1 is 1.06 bits per heavy atom. The van der Waals surface area contributed by atoms with E-state index in [0.29, 0.717) is 11.9 Å². The van der Waals surface area contributed by atoms with Crippen LogP contribution in [0.2, 0.25) is 0 Å². The molecule has 1 aromatic heterocycles. The van der Waals surface area contributed by atoms with Gasteiger partial charge in [0.15, 0.2) is 0 Å². The zero-order valence-electron chi connectivity index (χ0n) is 10.9. The molecule has 0 N–H and O–H groups in total. The lowest BCUT2D eigenvalue weighted by atomic mass is 9.94. The molecule has 0 amide bonds. The van der Waals surface area contributed by atoms with Gasteiger partial charge in [0, 0.05) is 17.0 Å². The van der Waals surface area contributed by atoms with Crippen LogP contribution in [0.15, 0.2) is 40.8 Å². The van der Waals surface area contributed by atoms with E-state index in [0.717, 1.165) is 11.0 Å². The van der Waals surface area contributed by atoms with Crippen molar-refractivity contribution in [3.05, 3.63) is 42.0 Å². The lowest BCUT2D eigenvalue weighted by Gasteiger charge is -2.10. The molecule has 0 saturated carbocycles. The first kappa shape index (κ1) is 11.1. The summed E-state index contributed by atoms with van der Waals surface area (Å²) < 4.78 is 11.0. The Kier molecular flexibility index (Phi) is 2.51. The van der Waals surface area contributed by atoms with Gasteiger partial charge in [0.05, 0.1) is 7.11 Å². The van der Waals surface area contributed by atoms with Crippen LogP contribution in [0.25, 0.3) is 21.7 Å². The fourth-order valence-corrected chi connectivity index (χ4v) is 2.53. The Bertz CT molecular complexity index is 708. The first-order valence-electron chi connectivity index (χ1n) is 6.20. The smallest absolute Gasteiger partial charge is 0.285 e. The van der Waals surface area contributed by atoms with Crippen molar-refractivity contribution in [2.24, 2.45) is 0 Å². The molecule has 0 bridgehead atoms. The number of methoxy groups -OCH3 is 1. The van der Waals surface area contributed by atoms with Crippen LogP contribution in [-0.4, -0.2) is 7.11 Å². The van der Waals surface area contributed by atoms with Crippen molar-refractivity contribution in [1.82, 2.24) is 0 Å². The molecule has 0 fully saturated rings. The molecule has 0 radical (unpaired) electrons. The molecule has 18 heavy (non-hydrogen) atoms. The van der Waals surface area contributed by atoms with Gasteiger partial charge in [-0.2, -0.15) is 0 Å². The maximum Gasteiger partial charge on any atom is 0.285 e. The quantitative estimate of drug-likeness (QED) is 0.646. The number of furan rings is 1. The maximum absolute atomic E-state index is 5.80. The number of hydrogen-bond donors (Lipinski definition) is 0. The van der Waals surface area contributed by atoms with E-state index in [9.17, 15) is 0 Å². The first-order valence-corrected chi connectivity index (χ1v) is 6.20. The van der Waals surface area contributed by atoms with Gasteiger partial charge in [0.1, 0.15) is 5.58 Å². The largest absolute Gasteiger partial charge is 0.468 e. The Morgan fingerprint density at radius 3 is 2.56 bits per heavy atom. The standard InChI is InChI=1S/C16H16O2/c1-10(2)15-13-7-5-4-6-11(13)8-12-9-14(17-3)18-16(12)15/h4-10H,1-3H3. The molecule has 3 aromatic rings. The van der Waals surface area contributed by atoms with Crippen molar-refractivity contribution < 1.29 is 9.15 Å². The Hall–Kier alpha value is -1.96. The zero-order chi connectivity index (χ0) is 12.7. The second-order valence-electron chi connectivity index (χ2n) is 4.85. The van der Waals surface area contributed by atoms with Crippen molar-refractivity contribution in [3.63, 3.8) is 0 Å². The molecule has 0 atom stereocenters. The molecule has 1 heterocycles. The van der Waals surface area contributed by atoms with Gasteiger partial charge >= 0.3 is 0 Å². The molecule has 2 heteroatoms. The fraction of sp³-hybridized carbons (Fsp3) is 0.250. The van der Waals surface area contributed by atoms with E-state index in [1.165, 1.54) is 16.3 Å². The Morgan fingerprint density at radius 2 is 1.83 bits per heavy atom. The van der Waals surface area contributed by atoms with Crippen LogP contribution >= 0.6 is 0 Å². The zero-order valence-corrected chi connectivity index (χ0v) is 10.9. The van der Waals surface area contributed by atoms with Crippen molar-refractivity contribution in [1.29, 1.82) is 0 Å². The third kappa shape index (κ3) is 1.57. The number of benzene rings is 2. The lowest BCUT2D eigenvalue weighted by Crippen LogP contribution is -1.90. The van der Waals surface area contributed by atoms with Crippen LogP contribution in [0.5, 0.6) is 5.95 Å². The van der Waals surface area contributed by atoms with Gasteiger partial charge in [-0.3, -0.25) is 0 Å². The molecule has 0 unspecified atom stereocenters. The minimum absolute atomic E-state index is 0.412. The molecule has 2 aromatic carbocycles. The second kappa shape index (κ2) is 4.05. The molecule has 0 aliphatic rings. The van der Waals surface area contributed by atoms with Gasteiger partial charge in [0.2, 0.25) is 0 Å². The number of ether oxygens (including phenoxy) is 1. The minimum atomic E-state index is 0.412. The van der Waals surface area contributed by atoms with E-state index in [-0.39, 0.29) is 0 Å². The number of rotatable bonds is 2. The highest BCUT2D eigenvalue weighted by atomic mass is 16.6. The Labute approximate surface area is 106 Å². The van der Waals surface area contributed by atoms with E-state index < -0.39 is 0 Å². The summed E-state index contributed by atoms with van der Waals surface area (Å²) in [5.74, 6) is 0.983. The van der Waals surface area contributed by atoms with Crippen LogP contribution in [0.3, 0.4) is 0 Å². The average Bonchev–Trinajstić information content (AvgIpc) is 2.77. The highest BCUT2D eigenvalue weighted by molar-refractivity contribution is 6.00. The van der Waals surface area contributed by atoms with E-state index in [4.69, 9.17) is 9.15 Å².